The normalized spacial score (nSPS) is 17.8. The van der Waals surface area contributed by atoms with Crippen LogP contribution in [0.4, 0.5) is 0 Å². The smallest absolute Gasteiger partial charge is 0.265 e. The molecule has 0 amide bonds. The number of rotatable bonds is 4. The summed E-state index contributed by atoms with van der Waals surface area (Å²) in [6.45, 7) is 2.76. The lowest BCUT2D eigenvalue weighted by atomic mass is 9.95. The lowest BCUT2D eigenvalue weighted by Gasteiger charge is -2.25. The van der Waals surface area contributed by atoms with Crippen molar-refractivity contribution in [1.82, 2.24) is 24.1 Å². The second-order valence-corrected chi connectivity index (χ2v) is 9.72. The van der Waals surface area contributed by atoms with Gasteiger partial charge in [0.1, 0.15) is 16.7 Å². The van der Waals surface area contributed by atoms with E-state index in [1.165, 1.54) is 50.5 Å². The first kappa shape index (κ1) is 20.6. The van der Waals surface area contributed by atoms with Crippen molar-refractivity contribution in [3.63, 3.8) is 0 Å². The van der Waals surface area contributed by atoms with Gasteiger partial charge in [0.2, 0.25) is 0 Å². The minimum Gasteiger partial charge on any atom is -0.308 e. The van der Waals surface area contributed by atoms with Gasteiger partial charge in [-0.05, 0) is 64.0 Å². The summed E-state index contributed by atoms with van der Waals surface area (Å²) in [5.74, 6) is 0.810. The zero-order chi connectivity index (χ0) is 22.4. The zero-order valence-corrected chi connectivity index (χ0v) is 19.4. The molecule has 0 spiro atoms. The third-order valence-corrected chi connectivity index (χ3v) is 7.55. The number of allylic oxidation sites excluding steroid dienone is 2. The van der Waals surface area contributed by atoms with Gasteiger partial charge in [0.15, 0.2) is 11.3 Å². The Kier molecular flexibility index (Phi) is 5.24. The number of para-hydroxylation sites is 2. The average molecular weight is 442 g/mol. The fourth-order valence-electron chi connectivity index (χ4n) is 5.84. The Hall–Kier alpha value is -3.02. The summed E-state index contributed by atoms with van der Waals surface area (Å²) >= 11 is 0. The Balaban J connectivity index is 1.58. The van der Waals surface area contributed by atoms with Crippen LogP contribution in [0.15, 0.2) is 40.7 Å². The van der Waals surface area contributed by atoms with Crippen molar-refractivity contribution in [2.45, 2.75) is 83.7 Å². The molecule has 3 aromatic heterocycles. The summed E-state index contributed by atoms with van der Waals surface area (Å²) < 4.78 is 4.10. The number of nitrogens with zero attached hydrogens (tertiary/aromatic N) is 5. The van der Waals surface area contributed by atoms with Crippen molar-refractivity contribution in [3.8, 4) is 0 Å². The predicted molar refractivity (Wildman–Crippen MR) is 133 cm³/mol. The van der Waals surface area contributed by atoms with Crippen LogP contribution in [0.3, 0.4) is 0 Å². The van der Waals surface area contributed by atoms with Gasteiger partial charge in [0.25, 0.3) is 5.56 Å². The maximum atomic E-state index is 13.9. The van der Waals surface area contributed by atoms with E-state index in [1.54, 1.807) is 0 Å². The summed E-state index contributed by atoms with van der Waals surface area (Å²) in [6.07, 6.45) is 14.0. The highest BCUT2D eigenvalue weighted by Crippen LogP contribution is 2.31. The molecule has 1 saturated carbocycles. The fraction of sp³-hybridized carbons (Fsp3) is 0.481. The number of hydrogen-bond acceptors (Lipinski definition) is 4. The Morgan fingerprint density at radius 3 is 2.48 bits per heavy atom. The first-order valence-electron chi connectivity index (χ1n) is 12.6. The van der Waals surface area contributed by atoms with E-state index in [0.717, 1.165) is 54.0 Å². The first-order valence-corrected chi connectivity index (χ1v) is 12.6. The molecule has 1 aromatic carbocycles. The molecule has 0 N–H and O–H groups in total. The molecule has 2 aliphatic carbocycles. The summed E-state index contributed by atoms with van der Waals surface area (Å²) in [4.78, 5) is 28.9. The van der Waals surface area contributed by atoms with E-state index in [2.05, 4.69) is 10.6 Å². The monoisotopic (exact) mass is 441 g/mol. The van der Waals surface area contributed by atoms with Crippen LogP contribution < -0.4 is 5.56 Å². The molecule has 0 aliphatic heterocycles. The fourth-order valence-corrected chi connectivity index (χ4v) is 5.84. The highest BCUT2D eigenvalue weighted by atomic mass is 16.1. The molecule has 2 aliphatic rings. The number of fused-ring (bicyclic) bond motifs is 4. The third-order valence-electron chi connectivity index (χ3n) is 7.55. The van der Waals surface area contributed by atoms with E-state index in [4.69, 9.17) is 15.0 Å². The largest absolute Gasteiger partial charge is 0.308 e. The molecule has 1 fully saturated rings. The molecular weight excluding hydrogens is 410 g/mol. The zero-order valence-electron chi connectivity index (χ0n) is 19.4. The molecule has 0 radical (unpaired) electrons. The van der Waals surface area contributed by atoms with Gasteiger partial charge < -0.3 is 4.57 Å². The molecular formula is C27H31N5O. The Morgan fingerprint density at radius 1 is 0.939 bits per heavy atom. The van der Waals surface area contributed by atoms with Crippen molar-refractivity contribution in [2.75, 3.05) is 0 Å². The summed E-state index contributed by atoms with van der Waals surface area (Å²) in [6, 6.07) is 8.16. The van der Waals surface area contributed by atoms with Crippen LogP contribution in [0.2, 0.25) is 0 Å². The average Bonchev–Trinajstić information content (AvgIpc) is 3.14. The maximum Gasteiger partial charge on any atom is 0.265 e. The van der Waals surface area contributed by atoms with Gasteiger partial charge in [0.05, 0.1) is 11.0 Å². The van der Waals surface area contributed by atoms with Gasteiger partial charge in [0, 0.05) is 12.6 Å². The van der Waals surface area contributed by atoms with Crippen molar-refractivity contribution in [2.24, 2.45) is 0 Å². The van der Waals surface area contributed by atoms with E-state index < -0.39 is 0 Å². The molecule has 6 nitrogen and oxygen atoms in total. The molecule has 0 atom stereocenters. The summed E-state index contributed by atoms with van der Waals surface area (Å²) in [5, 5.41) is 0.636. The standard InChI is InChI=1S/C27H31N5O/c1-18-28-25-23(27(33)32(18)20-12-6-3-7-13-20)24-26(30-22-15-9-8-14-21(22)29-24)31(25)17-16-19-10-4-2-5-11-19/h8-10,14-15,20H,2-7,11-13,16-17H2,1H3. The van der Waals surface area contributed by atoms with Gasteiger partial charge in [-0.15, -0.1) is 0 Å². The van der Waals surface area contributed by atoms with E-state index >= 15 is 0 Å². The van der Waals surface area contributed by atoms with Gasteiger partial charge in [-0.2, -0.15) is 0 Å². The Labute approximate surface area is 193 Å². The number of hydrogen-bond donors (Lipinski definition) is 0. The molecule has 170 valence electrons. The van der Waals surface area contributed by atoms with Gasteiger partial charge in [-0.3, -0.25) is 9.36 Å². The van der Waals surface area contributed by atoms with E-state index in [-0.39, 0.29) is 11.6 Å². The summed E-state index contributed by atoms with van der Waals surface area (Å²) in [5.41, 5.74) is 5.46. The molecule has 0 unspecified atom stereocenters. The van der Waals surface area contributed by atoms with E-state index in [0.29, 0.717) is 10.9 Å². The van der Waals surface area contributed by atoms with Crippen LogP contribution in [-0.2, 0) is 6.54 Å². The minimum atomic E-state index is 0.0506. The van der Waals surface area contributed by atoms with Crippen LogP contribution in [0.5, 0.6) is 0 Å². The van der Waals surface area contributed by atoms with Crippen LogP contribution in [0.1, 0.15) is 76.1 Å². The van der Waals surface area contributed by atoms with Crippen LogP contribution in [0, 0.1) is 6.92 Å². The lowest BCUT2D eigenvalue weighted by molar-refractivity contribution is 0.339. The second kappa shape index (κ2) is 8.40. The summed E-state index contributed by atoms with van der Waals surface area (Å²) in [7, 11) is 0. The highest BCUT2D eigenvalue weighted by Gasteiger charge is 2.25. The molecule has 6 rings (SSSR count). The van der Waals surface area contributed by atoms with Crippen molar-refractivity contribution in [1.29, 1.82) is 0 Å². The van der Waals surface area contributed by atoms with Gasteiger partial charge in [-0.25, -0.2) is 15.0 Å². The third kappa shape index (κ3) is 3.56. The predicted octanol–water partition coefficient (Wildman–Crippen LogP) is 6.00. The number of aromatic nitrogens is 5. The molecule has 33 heavy (non-hydrogen) atoms. The second-order valence-electron chi connectivity index (χ2n) is 9.72. The molecule has 0 saturated heterocycles. The molecule has 6 heteroatoms. The molecule has 4 aromatic rings. The lowest BCUT2D eigenvalue weighted by Crippen LogP contribution is -2.29. The van der Waals surface area contributed by atoms with Gasteiger partial charge >= 0.3 is 0 Å². The number of aryl methyl sites for hydroxylation is 2. The minimum absolute atomic E-state index is 0.0506. The van der Waals surface area contributed by atoms with Gasteiger partial charge in [-0.1, -0.05) is 43.0 Å². The Morgan fingerprint density at radius 2 is 1.73 bits per heavy atom. The van der Waals surface area contributed by atoms with Crippen molar-refractivity contribution in [3.05, 3.63) is 52.1 Å². The van der Waals surface area contributed by atoms with Crippen LogP contribution >= 0.6 is 0 Å². The van der Waals surface area contributed by atoms with Crippen LogP contribution in [-0.4, -0.2) is 24.1 Å². The van der Waals surface area contributed by atoms with E-state index in [1.807, 2.05) is 35.8 Å². The number of benzene rings is 1. The highest BCUT2D eigenvalue weighted by molar-refractivity contribution is 6.04. The van der Waals surface area contributed by atoms with Crippen molar-refractivity contribution < 1.29 is 0 Å². The molecule has 0 bridgehead atoms. The van der Waals surface area contributed by atoms with Crippen molar-refractivity contribution >= 4 is 33.2 Å². The SMILES string of the molecule is Cc1nc2c(c(=O)n1C1CCCCC1)c1nc3ccccc3nc1n2CCC1=CCCCC1. The Bertz CT molecular complexity index is 1440. The van der Waals surface area contributed by atoms with Crippen LogP contribution in [0.25, 0.3) is 33.2 Å². The quantitative estimate of drug-likeness (QED) is 0.364. The maximum absolute atomic E-state index is 13.9. The topological polar surface area (TPSA) is 65.6 Å². The van der Waals surface area contributed by atoms with E-state index in [9.17, 15) is 4.79 Å². The first-order chi connectivity index (χ1) is 16.2. The molecule has 3 heterocycles.